The quantitative estimate of drug-likeness (QED) is 0.128. The van der Waals surface area contributed by atoms with Gasteiger partial charge in [0.05, 0.1) is 22.2 Å². The highest BCUT2D eigenvalue weighted by Crippen LogP contribution is 2.63. The fourth-order valence-electron chi connectivity index (χ4n) is 12.9. The number of unbranched alkanes of at least 4 members (excludes halogenated alkanes) is 2. The van der Waals surface area contributed by atoms with E-state index in [-0.39, 0.29) is 10.8 Å². The summed E-state index contributed by atoms with van der Waals surface area (Å²) in [6.07, 6.45) is 6.94. The van der Waals surface area contributed by atoms with Crippen LogP contribution in [-0.4, -0.2) is 7.28 Å². The molecular formula is C62H55BN2O. The number of fused-ring (bicyclic) bond motifs is 15. The van der Waals surface area contributed by atoms with Crippen LogP contribution in [0.15, 0.2) is 162 Å². The third-order valence-electron chi connectivity index (χ3n) is 16.2. The van der Waals surface area contributed by atoms with Crippen molar-refractivity contribution in [2.75, 3.05) is 10.2 Å². The molecule has 9 aromatic rings. The van der Waals surface area contributed by atoms with Crippen molar-refractivity contribution >= 4 is 68.6 Å². The van der Waals surface area contributed by atoms with E-state index in [0.29, 0.717) is 0 Å². The minimum absolute atomic E-state index is 0.0871. The minimum atomic E-state index is -0.437. The molecule has 1 aromatic heterocycles. The molecule has 4 heteroatoms. The van der Waals surface area contributed by atoms with Gasteiger partial charge in [-0.25, -0.2) is 0 Å². The molecule has 0 atom stereocenters. The smallest absolute Gasteiger partial charge is 0.198 e. The van der Waals surface area contributed by atoms with Gasteiger partial charge in [-0.05, 0) is 140 Å². The zero-order chi connectivity index (χ0) is 44.5. The van der Waals surface area contributed by atoms with Crippen LogP contribution in [0.4, 0.5) is 28.4 Å². The molecule has 0 bridgehead atoms. The van der Waals surface area contributed by atoms with E-state index in [4.69, 9.17) is 4.42 Å². The summed E-state index contributed by atoms with van der Waals surface area (Å²) in [4.78, 5) is 2.66. The number of nitrogens with zero attached hydrogens (tertiary/aromatic N) is 1. The fraction of sp³-hybridized carbons (Fsp3) is 0.226. The van der Waals surface area contributed by atoms with E-state index < -0.39 is 5.41 Å². The van der Waals surface area contributed by atoms with Gasteiger partial charge in [0.2, 0.25) is 0 Å². The maximum absolute atomic E-state index is 6.66. The van der Waals surface area contributed by atoms with Crippen molar-refractivity contribution < 1.29 is 4.42 Å². The summed E-state index contributed by atoms with van der Waals surface area (Å²) in [6.45, 7) is 12.0. The Balaban J connectivity index is 1.07. The summed E-state index contributed by atoms with van der Waals surface area (Å²) in [5.41, 5.74) is 25.3. The van der Waals surface area contributed by atoms with Crippen molar-refractivity contribution in [1.29, 1.82) is 0 Å². The van der Waals surface area contributed by atoms with Crippen LogP contribution in [0.1, 0.15) is 106 Å². The zero-order valence-corrected chi connectivity index (χ0v) is 38.8. The maximum atomic E-state index is 6.66. The molecule has 3 nitrogen and oxygen atoms in total. The van der Waals surface area contributed by atoms with Gasteiger partial charge in [-0.15, -0.1) is 0 Å². The monoisotopic (exact) mass is 854 g/mol. The van der Waals surface area contributed by atoms with Crippen LogP contribution in [0, 0.1) is 0 Å². The van der Waals surface area contributed by atoms with E-state index in [1.165, 1.54) is 115 Å². The highest BCUT2D eigenvalue weighted by molar-refractivity contribution is 6.73. The molecule has 3 heterocycles. The molecule has 2 aliphatic heterocycles. The Kier molecular flexibility index (Phi) is 8.61. The van der Waals surface area contributed by atoms with E-state index >= 15 is 0 Å². The number of hydrogen-bond donors (Lipinski definition) is 1. The van der Waals surface area contributed by atoms with E-state index in [2.05, 4.69) is 203 Å². The van der Waals surface area contributed by atoms with Crippen molar-refractivity contribution in [3.05, 3.63) is 197 Å². The highest BCUT2D eigenvalue weighted by Gasteiger charge is 2.53. The number of hydrogen-bond acceptors (Lipinski definition) is 3. The lowest BCUT2D eigenvalue weighted by atomic mass is 9.54. The number of aryl methyl sites for hydroxylation is 1. The van der Waals surface area contributed by atoms with Gasteiger partial charge >= 0.3 is 0 Å². The zero-order valence-electron chi connectivity index (χ0n) is 38.8. The van der Waals surface area contributed by atoms with Crippen LogP contribution in [-0.2, 0) is 22.7 Å². The normalized spacial score (nSPS) is 16.2. The lowest BCUT2D eigenvalue weighted by Gasteiger charge is -2.48. The highest BCUT2D eigenvalue weighted by atomic mass is 16.3. The molecule has 322 valence electrons. The Morgan fingerprint density at radius 2 is 1.26 bits per heavy atom. The summed E-state index contributed by atoms with van der Waals surface area (Å²) < 4.78 is 6.66. The number of benzene rings is 8. The molecule has 1 N–H and O–H groups in total. The van der Waals surface area contributed by atoms with Crippen LogP contribution in [0.5, 0.6) is 0 Å². The molecule has 0 saturated carbocycles. The Morgan fingerprint density at radius 1 is 0.561 bits per heavy atom. The first kappa shape index (κ1) is 39.6. The van der Waals surface area contributed by atoms with Crippen molar-refractivity contribution in [2.45, 2.75) is 89.4 Å². The first-order valence-corrected chi connectivity index (χ1v) is 24.4. The summed E-state index contributed by atoms with van der Waals surface area (Å²) >= 11 is 0. The standard InChI is InChI=1S/C62H55BN2O/c1-6-7-8-18-38-35-44(42-30-32-55-56(43-21-11-16-28-54(43)66-55)58(42)64-39-29-31-47-50(37-39)61(4,5)34-33-60(47,2)3)57-53(36-38)65-52-27-15-14-24-48(52)62(49-25-17-26-51(63-57)59(49)65)45-22-12-9-19-40(45)41-20-10-13-23-46(41)62/h9-17,19-32,35-37,63-64H,6-8,18,33-34H2,1-5H3. The Bertz CT molecular complexity index is 3430. The Labute approximate surface area is 389 Å². The summed E-state index contributed by atoms with van der Waals surface area (Å²) in [6, 6.07) is 60.1. The minimum Gasteiger partial charge on any atom is -0.456 e. The van der Waals surface area contributed by atoms with Crippen molar-refractivity contribution in [2.24, 2.45) is 0 Å². The SMILES string of the molecule is CCCCCc1cc(-c2ccc3oc4ccccc4c3c2Nc2ccc3c(c2)C(C)(C)CCC3(C)C)c2c(c1)N1c3ccccc3C3(c4ccccc4-c4ccccc43)c3cccc(c31)B2. The lowest BCUT2D eigenvalue weighted by Crippen LogP contribution is -2.47. The average Bonchev–Trinajstić information content (AvgIpc) is 3.86. The lowest BCUT2D eigenvalue weighted by molar-refractivity contribution is 0.332. The molecule has 0 amide bonds. The van der Waals surface area contributed by atoms with Crippen LogP contribution >= 0.6 is 0 Å². The molecule has 8 aromatic carbocycles. The van der Waals surface area contributed by atoms with Gasteiger partial charge in [-0.2, -0.15) is 0 Å². The van der Waals surface area contributed by atoms with Crippen molar-refractivity contribution in [1.82, 2.24) is 0 Å². The molecule has 66 heavy (non-hydrogen) atoms. The predicted octanol–water partition coefficient (Wildman–Crippen LogP) is 14.9. The molecule has 4 aliphatic rings. The van der Waals surface area contributed by atoms with Gasteiger partial charge in [0.25, 0.3) is 0 Å². The van der Waals surface area contributed by atoms with Crippen LogP contribution in [0.3, 0.4) is 0 Å². The van der Waals surface area contributed by atoms with E-state index in [1.807, 2.05) is 0 Å². The van der Waals surface area contributed by atoms with Crippen LogP contribution in [0.2, 0.25) is 0 Å². The number of furan rings is 1. The van der Waals surface area contributed by atoms with Crippen LogP contribution < -0.4 is 21.1 Å². The summed E-state index contributed by atoms with van der Waals surface area (Å²) in [5.74, 6) is 0. The molecule has 0 unspecified atom stereocenters. The second kappa shape index (κ2) is 14.4. The Morgan fingerprint density at radius 3 is 2.05 bits per heavy atom. The molecule has 1 spiro atoms. The largest absolute Gasteiger partial charge is 0.456 e. The third-order valence-corrected chi connectivity index (χ3v) is 16.2. The average molecular weight is 855 g/mol. The number of para-hydroxylation sites is 3. The summed E-state index contributed by atoms with van der Waals surface area (Å²) in [5, 5.41) is 6.41. The van der Waals surface area contributed by atoms with Gasteiger partial charge in [-0.1, -0.05) is 168 Å². The van der Waals surface area contributed by atoms with Gasteiger partial charge in [0.1, 0.15) is 11.2 Å². The molecule has 2 aliphatic carbocycles. The van der Waals surface area contributed by atoms with Crippen molar-refractivity contribution in [3.63, 3.8) is 0 Å². The fourth-order valence-corrected chi connectivity index (χ4v) is 12.9. The number of rotatable bonds is 7. The van der Waals surface area contributed by atoms with Gasteiger partial charge in [0, 0.05) is 28.0 Å². The molecule has 0 fully saturated rings. The van der Waals surface area contributed by atoms with Crippen LogP contribution in [0.25, 0.3) is 44.2 Å². The number of nitrogens with one attached hydrogen (secondary N) is 1. The van der Waals surface area contributed by atoms with E-state index in [9.17, 15) is 0 Å². The molecule has 0 radical (unpaired) electrons. The van der Waals surface area contributed by atoms with Gasteiger partial charge in [-0.3, -0.25) is 0 Å². The Hall–Kier alpha value is -6.78. The van der Waals surface area contributed by atoms with E-state index in [0.717, 1.165) is 53.4 Å². The predicted molar refractivity (Wildman–Crippen MR) is 279 cm³/mol. The van der Waals surface area contributed by atoms with Gasteiger partial charge < -0.3 is 14.6 Å². The first-order chi connectivity index (χ1) is 32.2. The molecular weight excluding hydrogens is 800 g/mol. The molecule has 0 saturated heterocycles. The van der Waals surface area contributed by atoms with Gasteiger partial charge in [0.15, 0.2) is 7.28 Å². The summed E-state index contributed by atoms with van der Waals surface area (Å²) in [7, 11) is 0.826. The van der Waals surface area contributed by atoms with Crippen molar-refractivity contribution in [3.8, 4) is 22.3 Å². The topological polar surface area (TPSA) is 28.4 Å². The number of anilines is 5. The first-order valence-electron chi connectivity index (χ1n) is 24.4. The van der Waals surface area contributed by atoms with E-state index in [1.54, 1.807) is 0 Å². The third kappa shape index (κ3) is 5.51. The second-order valence-electron chi connectivity index (χ2n) is 20.9. The second-order valence-corrected chi connectivity index (χ2v) is 20.9. The maximum Gasteiger partial charge on any atom is 0.198 e. The molecule has 13 rings (SSSR count).